The maximum atomic E-state index is 13.1. The molecule has 106 valence electrons. The number of hydrogen-bond acceptors (Lipinski definition) is 2. The molecule has 0 bridgehead atoms. The van der Waals surface area contributed by atoms with E-state index in [2.05, 4.69) is 0 Å². The molecule has 0 heterocycles. The van der Waals surface area contributed by atoms with E-state index in [4.69, 9.17) is 22.1 Å². The molecule has 0 aromatic heterocycles. The van der Waals surface area contributed by atoms with Crippen LogP contribution in [0, 0.1) is 12.7 Å². The number of hydrogen-bond donors (Lipinski definition) is 1. The molecule has 0 saturated carbocycles. The number of aryl methyl sites for hydroxylation is 1. The van der Waals surface area contributed by atoms with Crippen LogP contribution in [-0.4, -0.2) is 0 Å². The van der Waals surface area contributed by atoms with Gasteiger partial charge in [-0.25, -0.2) is 4.39 Å². The summed E-state index contributed by atoms with van der Waals surface area (Å²) >= 11 is 5.75. The van der Waals surface area contributed by atoms with Crippen LogP contribution in [0.3, 0.4) is 0 Å². The van der Waals surface area contributed by atoms with Crippen molar-refractivity contribution >= 4 is 11.6 Å². The maximum Gasteiger partial charge on any atom is 0.141 e. The number of ether oxygens (including phenoxy) is 1. The molecule has 0 aliphatic rings. The van der Waals surface area contributed by atoms with Crippen molar-refractivity contribution in [2.45, 2.75) is 26.5 Å². The molecule has 1 atom stereocenters. The van der Waals surface area contributed by atoms with Crippen molar-refractivity contribution in [3.8, 4) is 5.75 Å². The van der Waals surface area contributed by atoms with Crippen molar-refractivity contribution < 1.29 is 9.13 Å². The summed E-state index contributed by atoms with van der Waals surface area (Å²) < 4.78 is 18.9. The van der Waals surface area contributed by atoms with E-state index >= 15 is 0 Å². The van der Waals surface area contributed by atoms with E-state index in [-0.39, 0.29) is 11.1 Å². The van der Waals surface area contributed by atoms with Gasteiger partial charge in [-0.3, -0.25) is 0 Å². The zero-order chi connectivity index (χ0) is 14.7. The standard InChI is InChI=1S/C16H17ClFNO/c1-10-3-6-16(13(7-10)11(2)19)20-9-12-4-5-15(18)14(17)8-12/h3-8,11H,9,19H2,1-2H3/t11-/m1/s1. The highest BCUT2D eigenvalue weighted by atomic mass is 35.5. The van der Waals surface area contributed by atoms with E-state index in [0.717, 1.165) is 22.4 Å². The third kappa shape index (κ3) is 3.50. The fourth-order valence-electron chi connectivity index (χ4n) is 1.95. The Hall–Kier alpha value is -1.58. The molecule has 4 heteroatoms. The highest BCUT2D eigenvalue weighted by Gasteiger charge is 2.09. The van der Waals surface area contributed by atoms with Crippen LogP contribution in [0.1, 0.15) is 29.7 Å². The van der Waals surface area contributed by atoms with Crippen molar-refractivity contribution in [1.82, 2.24) is 0 Å². The minimum absolute atomic E-state index is 0.0995. The Morgan fingerprint density at radius 3 is 2.65 bits per heavy atom. The van der Waals surface area contributed by atoms with Crippen molar-refractivity contribution in [2.75, 3.05) is 0 Å². The summed E-state index contributed by atoms with van der Waals surface area (Å²) in [5.74, 6) is 0.313. The normalized spacial score (nSPS) is 12.2. The van der Waals surface area contributed by atoms with Gasteiger partial charge in [-0.2, -0.15) is 0 Å². The van der Waals surface area contributed by atoms with E-state index in [1.165, 1.54) is 6.07 Å². The predicted octanol–water partition coefficient (Wildman–Crippen LogP) is 4.39. The van der Waals surface area contributed by atoms with Gasteiger partial charge in [0.25, 0.3) is 0 Å². The first-order valence-corrected chi connectivity index (χ1v) is 6.78. The van der Waals surface area contributed by atoms with Crippen LogP contribution in [-0.2, 0) is 6.61 Å². The third-order valence-electron chi connectivity index (χ3n) is 3.03. The van der Waals surface area contributed by atoms with Gasteiger partial charge < -0.3 is 10.5 Å². The van der Waals surface area contributed by atoms with Gasteiger partial charge in [0, 0.05) is 11.6 Å². The van der Waals surface area contributed by atoms with Gasteiger partial charge in [-0.15, -0.1) is 0 Å². The average molecular weight is 294 g/mol. The lowest BCUT2D eigenvalue weighted by atomic mass is 10.1. The van der Waals surface area contributed by atoms with Gasteiger partial charge in [0.1, 0.15) is 18.2 Å². The molecular weight excluding hydrogens is 277 g/mol. The Kier molecular flexibility index (Phi) is 4.63. The second kappa shape index (κ2) is 6.25. The van der Waals surface area contributed by atoms with Gasteiger partial charge in [0.15, 0.2) is 0 Å². The Morgan fingerprint density at radius 1 is 1.25 bits per heavy atom. The van der Waals surface area contributed by atoms with Crippen molar-refractivity contribution in [3.05, 3.63) is 63.9 Å². The van der Waals surface area contributed by atoms with Crippen molar-refractivity contribution in [2.24, 2.45) is 5.73 Å². The molecule has 0 amide bonds. The zero-order valence-electron chi connectivity index (χ0n) is 11.5. The summed E-state index contributed by atoms with van der Waals surface area (Å²) in [5, 5.41) is 0.0995. The highest BCUT2D eigenvalue weighted by Crippen LogP contribution is 2.26. The van der Waals surface area contributed by atoms with Gasteiger partial charge in [0.05, 0.1) is 5.02 Å². The van der Waals surface area contributed by atoms with E-state index in [1.807, 2.05) is 32.0 Å². The fraction of sp³-hybridized carbons (Fsp3) is 0.250. The molecule has 2 nitrogen and oxygen atoms in total. The smallest absolute Gasteiger partial charge is 0.141 e. The molecule has 0 unspecified atom stereocenters. The Bertz CT molecular complexity index is 613. The molecule has 0 aliphatic carbocycles. The maximum absolute atomic E-state index is 13.1. The largest absolute Gasteiger partial charge is 0.489 e. The first-order valence-electron chi connectivity index (χ1n) is 6.40. The predicted molar refractivity (Wildman–Crippen MR) is 79.5 cm³/mol. The number of rotatable bonds is 4. The molecule has 2 N–H and O–H groups in total. The van der Waals surface area contributed by atoms with E-state index < -0.39 is 5.82 Å². The fourth-order valence-corrected chi connectivity index (χ4v) is 2.15. The van der Waals surface area contributed by atoms with Gasteiger partial charge in [-0.1, -0.05) is 35.4 Å². The first kappa shape index (κ1) is 14.8. The summed E-state index contributed by atoms with van der Waals surface area (Å²) in [4.78, 5) is 0. The molecule has 0 fully saturated rings. The minimum atomic E-state index is -0.429. The molecule has 0 radical (unpaired) electrons. The Labute approximate surface area is 123 Å². The van der Waals surface area contributed by atoms with Crippen LogP contribution in [0.25, 0.3) is 0 Å². The monoisotopic (exact) mass is 293 g/mol. The average Bonchev–Trinajstić information content (AvgIpc) is 2.41. The molecule has 2 aromatic carbocycles. The Balaban J connectivity index is 2.16. The molecule has 20 heavy (non-hydrogen) atoms. The van der Waals surface area contributed by atoms with Gasteiger partial charge >= 0.3 is 0 Å². The topological polar surface area (TPSA) is 35.2 Å². The van der Waals surface area contributed by atoms with Crippen molar-refractivity contribution in [1.29, 1.82) is 0 Å². The molecule has 2 rings (SSSR count). The number of halogens is 2. The molecular formula is C16H17ClFNO. The summed E-state index contributed by atoms with van der Waals surface area (Å²) in [5.41, 5.74) is 8.85. The molecule has 0 saturated heterocycles. The molecule has 0 aliphatic heterocycles. The quantitative estimate of drug-likeness (QED) is 0.907. The van der Waals surface area contributed by atoms with Crippen LogP contribution < -0.4 is 10.5 Å². The highest BCUT2D eigenvalue weighted by molar-refractivity contribution is 6.30. The second-order valence-electron chi connectivity index (χ2n) is 4.87. The van der Waals surface area contributed by atoms with Crippen LogP contribution in [0.4, 0.5) is 4.39 Å². The zero-order valence-corrected chi connectivity index (χ0v) is 12.2. The number of nitrogens with two attached hydrogens (primary N) is 1. The van der Waals surface area contributed by atoms with E-state index in [0.29, 0.717) is 6.61 Å². The minimum Gasteiger partial charge on any atom is -0.489 e. The lowest BCUT2D eigenvalue weighted by molar-refractivity contribution is 0.301. The van der Waals surface area contributed by atoms with Crippen LogP contribution in [0.5, 0.6) is 5.75 Å². The van der Waals surface area contributed by atoms with Crippen LogP contribution >= 0.6 is 11.6 Å². The van der Waals surface area contributed by atoms with E-state index in [9.17, 15) is 4.39 Å². The van der Waals surface area contributed by atoms with Crippen LogP contribution in [0.15, 0.2) is 36.4 Å². The molecule has 2 aromatic rings. The summed E-state index contributed by atoms with van der Waals surface area (Å²) in [6.07, 6.45) is 0. The van der Waals surface area contributed by atoms with Gasteiger partial charge in [-0.05, 0) is 37.6 Å². The summed E-state index contributed by atoms with van der Waals surface area (Å²) in [6, 6.07) is 10.3. The first-order chi connectivity index (χ1) is 9.47. The number of benzene rings is 2. The van der Waals surface area contributed by atoms with Crippen LogP contribution in [0.2, 0.25) is 5.02 Å². The lowest BCUT2D eigenvalue weighted by Gasteiger charge is -2.15. The SMILES string of the molecule is Cc1ccc(OCc2ccc(F)c(Cl)c2)c([C@@H](C)N)c1. The van der Waals surface area contributed by atoms with Crippen molar-refractivity contribution in [3.63, 3.8) is 0 Å². The van der Waals surface area contributed by atoms with Gasteiger partial charge in [0.2, 0.25) is 0 Å². The second-order valence-corrected chi connectivity index (χ2v) is 5.27. The third-order valence-corrected chi connectivity index (χ3v) is 3.32. The Morgan fingerprint density at radius 2 is 2.00 bits per heavy atom. The summed E-state index contributed by atoms with van der Waals surface area (Å²) in [6.45, 7) is 4.24. The lowest BCUT2D eigenvalue weighted by Crippen LogP contribution is -2.08. The summed E-state index contributed by atoms with van der Waals surface area (Å²) in [7, 11) is 0. The molecule has 0 spiro atoms. The van der Waals surface area contributed by atoms with E-state index in [1.54, 1.807) is 12.1 Å².